The summed E-state index contributed by atoms with van der Waals surface area (Å²) in [5, 5.41) is 4.62. The van der Waals surface area contributed by atoms with Crippen molar-refractivity contribution >= 4 is 0 Å². The molecule has 0 atom stereocenters. The summed E-state index contributed by atoms with van der Waals surface area (Å²) in [6, 6.07) is 15.7. The van der Waals surface area contributed by atoms with Gasteiger partial charge in [0.2, 0.25) is 5.88 Å². The molecule has 0 N–H and O–H groups in total. The molecule has 6 nitrogen and oxygen atoms in total. The van der Waals surface area contributed by atoms with E-state index in [1.807, 2.05) is 18.2 Å². The predicted molar refractivity (Wildman–Crippen MR) is 98.5 cm³/mol. The van der Waals surface area contributed by atoms with Gasteiger partial charge >= 0.3 is 0 Å². The second-order valence-electron chi connectivity index (χ2n) is 5.80. The zero-order chi connectivity index (χ0) is 18.6. The summed E-state index contributed by atoms with van der Waals surface area (Å²) in [5.41, 5.74) is 2.49. The zero-order valence-corrected chi connectivity index (χ0v) is 14.6. The van der Waals surface area contributed by atoms with Gasteiger partial charge in [-0.25, -0.2) is 19.3 Å². The Kier molecular flexibility index (Phi) is 4.57. The molecule has 3 heterocycles. The molecule has 1 aromatic carbocycles. The van der Waals surface area contributed by atoms with Crippen molar-refractivity contribution in [3.8, 4) is 28.8 Å². The number of halogens is 1. The predicted octanol–water partition coefficient (Wildman–Crippen LogP) is 3.60. The van der Waals surface area contributed by atoms with Gasteiger partial charge in [0.05, 0.1) is 19.3 Å². The van der Waals surface area contributed by atoms with Crippen molar-refractivity contribution in [2.45, 2.75) is 6.54 Å². The van der Waals surface area contributed by atoms with Gasteiger partial charge in [-0.3, -0.25) is 4.68 Å². The van der Waals surface area contributed by atoms with Crippen LogP contribution in [0.15, 0.2) is 67.0 Å². The standard InChI is InChI=1S/C20H16FN5O/c1-27-19-9-4-8-16(24-19)17-12-18(20-22-10-5-11-23-20)26(25-17)13-14-6-2-3-7-15(14)21/h2-12H,13H2,1H3. The summed E-state index contributed by atoms with van der Waals surface area (Å²) in [7, 11) is 1.56. The molecule has 0 unspecified atom stereocenters. The van der Waals surface area contributed by atoms with E-state index in [4.69, 9.17) is 4.74 Å². The fourth-order valence-corrected chi connectivity index (χ4v) is 2.73. The van der Waals surface area contributed by atoms with Crippen molar-refractivity contribution in [3.05, 3.63) is 78.4 Å². The molecule has 0 aliphatic heterocycles. The minimum atomic E-state index is -0.283. The third-order valence-corrected chi connectivity index (χ3v) is 4.05. The van der Waals surface area contributed by atoms with Gasteiger partial charge in [0.25, 0.3) is 0 Å². The lowest BCUT2D eigenvalue weighted by Crippen LogP contribution is -2.07. The molecule has 7 heteroatoms. The molecule has 0 amide bonds. The molecule has 0 bridgehead atoms. The van der Waals surface area contributed by atoms with Gasteiger partial charge in [-0.05, 0) is 24.3 Å². The highest BCUT2D eigenvalue weighted by atomic mass is 19.1. The Hall–Kier alpha value is -3.61. The van der Waals surface area contributed by atoms with Crippen molar-refractivity contribution < 1.29 is 9.13 Å². The largest absolute Gasteiger partial charge is 0.481 e. The summed E-state index contributed by atoms with van der Waals surface area (Å²) in [6.07, 6.45) is 3.32. The lowest BCUT2D eigenvalue weighted by Gasteiger charge is -2.07. The van der Waals surface area contributed by atoms with E-state index < -0.39 is 0 Å². The molecule has 0 aliphatic rings. The van der Waals surface area contributed by atoms with Crippen LogP contribution < -0.4 is 4.74 Å². The van der Waals surface area contributed by atoms with E-state index in [2.05, 4.69) is 20.1 Å². The van der Waals surface area contributed by atoms with Crippen LogP contribution in [0.5, 0.6) is 5.88 Å². The van der Waals surface area contributed by atoms with Gasteiger partial charge in [-0.1, -0.05) is 24.3 Å². The van der Waals surface area contributed by atoms with Crippen LogP contribution in [0.1, 0.15) is 5.56 Å². The lowest BCUT2D eigenvalue weighted by molar-refractivity contribution is 0.398. The van der Waals surface area contributed by atoms with Crippen LogP contribution in [-0.2, 0) is 6.54 Å². The normalized spacial score (nSPS) is 10.7. The molecule has 134 valence electrons. The fraction of sp³-hybridized carbons (Fsp3) is 0.100. The quantitative estimate of drug-likeness (QED) is 0.543. The first-order valence-corrected chi connectivity index (χ1v) is 8.34. The van der Waals surface area contributed by atoms with Crippen molar-refractivity contribution in [3.63, 3.8) is 0 Å². The summed E-state index contributed by atoms with van der Waals surface area (Å²) < 4.78 is 21.0. The number of hydrogen-bond donors (Lipinski definition) is 0. The SMILES string of the molecule is COc1cccc(-c2cc(-c3ncccn3)n(Cc3ccccc3F)n2)n1. The van der Waals surface area contributed by atoms with Crippen LogP contribution in [0.25, 0.3) is 22.9 Å². The number of aromatic nitrogens is 5. The number of benzene rings is 1. The van der Waals surface area contributed by atoms with E-state index in [1.54, 1.807) is 54.5 Å². The van der Waals surface area contributed by atoms with Gasteiger partial charge in [-0.2, -0.15) is 5.10 Å². The maximum Gasteiger partial charge on any atom is 0.213 e. The summed E-state index contributed by atoms with van der Waals surface area (Å²) in [5.74, 6) is 0.720. The molecular weight excluding hydrogens is 345 g/mol. The molecule has 4 rings (SSSR count). The monoisotopic (exact) mass is 361 g/mol. The minimum absolute atomic E-state index is 0.254. The molecular formula is C20H16FN5O. The third kappa shape index (κ3) is 3.52. The Morgan fingerprint density at radius 2 is 1.78 bits per heavy atom. The van der Waals surface area contributed by atoms with Crippen molar-refractivity contribution in [2.24, 2.45) is 0 Å². The van der Waals surface area contributed by atoms with Crippen LogP contribution in [0.3, 0.4) is 0 Å². The number of methoxy groups -OCH3 is 1. The summed E-state index contributed by atoms with van der Waals surface area (Å²) in [6.45, 7) is 0.254. The van der Waals surface area contributed by atoms with E-state index in [1.165, 1.54) is 6.07 Å². The zero-order valence-electron chi connectivity index (χ0n) is 14.6. The number of nitrogens with zero attached hydrogens (tertiary/aromatic N) is 5. The first kappa shape index (κ1) is 16.8. The highest BCUT2D eigenvalue weighted by molar-refractivity contribution is 5.63. The molecule has 0 saturated heterocycles. The molecule has 0 radical (unpaired) electrons. The number of rotatable bonds is 5. The van der Waals surface area contributed by atoms with E-state index in [9.17, 15) is 4.39 Å². The Morgan fingerprint density at radius 3 is 2.56 bits per heavy atom. The number of ether oxygens (including phenoxy) is 1. The smallest absolute Gasteiger partial charge is 0.213 e. The Bertz CT molecular complexity index is 1060. The van der Waals surface area contributed by atoms with Crippen molar-refractivity contribution in [1.29, 1.82) is 0 Å². The van der Waals surface area contributed by atoms with Gasteiger partial charge in [-0.15, -0.1) is 0 Å². The van der Waals surface area contributed by atoms with Crippen LogP contribution in [0, 0.1) is 5.82 Å². The average molecular weight is 361 g/mol. The van der Waals surface area contributed by atoms with Crippen molar-refractivity contribution in [2.75, 3.05) is 7.11 Å². The summed E-state index contributed by atoms with van der Waals surface area (Å²) >= 11 is 0. The first-order chi connectivity index (χ1) is 13.2. The number of hydrogen-bond acceptors (Lipinski definition) is 5. The van der Waals surface area contributed by atoms with Gasteiger partial charge in [0.1, 0.15) is 17.2 Å². The number of pyridine rings is 1. The van der Waals surface area contributed by atoms with E-state index in [-0.39, 0.29) is 12.4 Å². The van der Waals surface area contributed by atoms with E-state index in [0.717, 1.165) is 0 Å². The third-order valence-electron chi connectivity index (χ3n) is 4.05. The van der Waals surface area contributed by atoms with Gasteiger partial charge < -0.3 is 4.74 Å². The molecule has 4 aromatic rings. The Balaban J connectivity index is 1.81. The molecule has 27 heavy (non-hydrogen) atoms. The summed E-state index contributed by atoms with van der Waals surface area (Å²) in [4.78, 5) is 13.0. The highest BCUT2D eigenvalue weighted by Gasteiger charge is 2.16. The van der Waals surface area contributed by atoms with E-state index in [0.29, 0.717) is 34.3 Å². The first-order valence-electron chi connectivity index (χ1n) is 8.34. The molecule has 3 aromatic heterocycles. The van der Waals surface area contributed by atoms with Gasteiger partial charge in [0, 0.05) is 24.0 Å². The minimum Gasteiger partial charge on any atom is -0.481 e. The molecule has 0 fully saturated rings. The molecule has 0 saturated carbocycles. The van der Waals surface area contributed by atoms with Gasteiger partial charge in [0.15, 0.2) is 5.82 Å². The topological polar surface area (TPSA) is 65.7 Å². The van der Waals surface area contributed by atoms with Crippen LogP contribution in [0.4, 0.5) is 4.39 Å². The molecule has 0 aliphatic carbocycles. The van der Waals surface area contributed by atoms with Crippen LogP contribution in [0.2, 0.25) is 0 Å². The second-order valence-corrected chi connectivity index (χ2v) is 5.80. The van der Waals surface area contributed by atoms with Crippen LogP contribution in [-0.4, -0.2) is 31.8 Å². The molecule has 0 spiro atoms. The fourth-order valence-electron chi connectivity index (χ4n) is 2.73. The Labute approximate surface area is 155 Å². The Morgan fingerprint density at radius 1 is 0.963 bits per heavy atom. The maximum absolute atomic E-state index is 14.1. The average Bonchev–Trinajstić information content (AvgIpc) is 3.14. The van der Waals surface area contributed by atoms with Crippen molar-refractivity contribution in [1.82, 2.24) is 24.7 Å². The second kappa shape index (κ2) is 7.33. The highest BCUT2D eigenvalue weighted by Crippen LogP contribution is 2.25. The maximum atomic E-state index is 14.1. The van der Waals surface area contributed by atoms with Crippen LogP contribution >= 0.6 is 0 Å². The lowest BCUT2D eigenvalue weighted by atomic mass is 10.2. The van der Waals surface area contributed by atoms with E-state index >= 15 is 0 Å².